The second kappa shape index (κ2) is 11.0. The number of nitrogens with two attached hydrogens (primary N) is 1. The number of sulfonamides is 1. The molecule has 0 saturated carbocycles. The van der Waals surface area contributed by atoms with Gasteiger partial charge in [0.25, 0.3) is 10.1 Å². The van der Waals surface area contributed by atoms with Crippen molar-refractivity contribution in [2.75, 3.05) is 5.32 Å². The monoisotopic (exact) mass is 606 g/mol. The number of azo groups is 1. The van der Waals surface area contributed by atoms with Gasteiger partial charge in [0, 0.05) is 16.8 Å². The maximum absolute atomic E-state index is 11.7. The molecule has 0 saturated heterocycles. The van der Waals surface area contributed by atoms with E-state index in [0.717, 1.165) is 22.4 Å². The molecule has 0 heterocycles. The van der Waals surface area contributed by atoms with Crippen molar-refractivity contribution in [2.45, 2.75) is 19.1 Å². The number of primary sulfonamides is 1. The zero-order chi connectivity index (χ0) is 30.2. The number of allylic oxidation sites excluding steroid dienone is 8. The average Bonchev–Trinajstić information content (AvgIpc) is 2.90. The highest BCUT2D eigenvalue weighted by atomic mass is 32.2. The van der Waals surface area contributed by atoms with Crippen molar-refractivity contribution in [3.63, 3.8) is 0 Å². The van der Waals surface area contributed by atoms with E-state index in [1.807, 2.05) is 18.2 Å². The first-order valence-corrected chi connectivity index (χ1v) is 15.7. The quantitative estimate of drug-likeness (QED) is 0.166. The second-order valence-electron chi connectivity index (χ2n) is 9.84. The molecule has 13 heteroatoms. The number of nitrogens with zero attached hydrogens (tertiary/aromatic N) is 2. The predicted molar refractivity (Wildman–Crippen MR) is 161 cm³/mol. The van der Waals surface area contributed by atoms with E-state index in [2.05, 4.69) is 15.5 Å². The molecule has 5 rings (SSSR count). The Labute approximate surface area is 242 Å². The van der Waals surface area contributed by atoms with Gasteiger partial charge in [-0.05, 0) is 95.6 Å². The van der Waals surface area contributed by atoms with Gasteiger partial charge >= 0.3 is 0 Å². The van der Waals surface area contributed by atoms with Crippen LogP contribution in [-0.4, -0.2) is 31.6 Å². The summed E-state index contributed by atoms with van der Waals surface area (Å²) >= 11 is 0. The minimum absolute atomic E-state index is 0.0147. The molecule has 0 fully saturated rings. The van der Waals surface area contributed by atoms with Gasteiger partial charge in [0.1, 0.15) is 17.1 Å². The van der Waals surface area contributed by atoms with Crippen LogP contribution in [0.4, 0.5) is 17.1 Å². The molecule has 0 spiro atoms. The Morgan fingerprint density at radius 3 is 2.36 bits per heavy atom. The van der Waals surface area contributed by atoms with Crippen LogP contribution in [0.2, 0.25) is 0 Å². The van der Waals surface area contributed by atoms with Crippen LogP contribution in [0.1, 0.15) is 18.9 Å². The van der Waals surface area contributed by atoms with Gasteiger partial charge < -0.3 is 15.5 Å². The average molecular weight is 607 g/mol. The van der Waals surface area contributed by atoms with Crippen molar-refractivity contribution in [3.8, 4) is 11.5 Å². The number of hydrogen-bond acceptors (Lipinski definition) is 9. The number of aromatic hydroxyl groups is 2. The number of anilines is 1. The number of phenols is 2. The van der Waals surface area contributed by atoms with Gasteiger partial charge in [-0.25, -0.2) is 13.6 Å². The number of phenolic OH excluding ortho intramolecular Hbond substituents is 2. The fraction of sp³-hybridized carbons (Fsp3) is 0.103. The van der Waals surface area contributed by atoms with E-state index in [4.69, 9.17) is 5.14 Å². The molecule has 0 aliphatic heterocycles. The maximum Gasteiger partial charge on any atom is 0.294 e. The van der Waals surface area contributed by atoms with Crippen LogP contribution in [0.3, 0.4) is 0 Å². The Bertz CT molecular complexity index is 2040. The predicted octanol–water partition coefficient (Wildman–Crippen LogP) is 5.74. The molecule has 0 unspecified atom stereocenters. The zero-order valence-corrected chi connectivity index (χ0v) is 23.8. The fourth-order valence-electron chi connectivity index (χ4n) is 4.58. The summed E-state index contributed by atoms with van der Waals surface area (Å²) in [5.41, 5.74) is 4.43. The molecule has 3 aromatic carbocycles. The van der Waals surface area contributed by atoms with E-state index in [1.54, 1.807) is 37.3 Å². The minimum Gasteiger partial charge on any atom is -0.506 e. The van der Waals surface area contributed by atoms with Gasteiger partial charge in [0.05, 0.1) is 10.7 Å². The lowest BCUT2D eigenvalue weighted by Crippen LogP contribution is -2.14. The summed E-state index contributed by atoms with van der Waals surface area (Å²) in [4.78, 5) is -0.190. The molecule has 42 heavy (non-hydrogen) atoms. The molecular formula is C29H26N4O7S2. The molecular weight excluding hydrogens is 580 g/mol. The molecule has 2 bridgehead atoms. The lowest BCUT2D eigenvalue weighted by molar-refractivity contribution is 0.475. The van der Waals surface area contributed by atoms with E-state index in [9.17, 15) is 31.6 Å². The third kappa shape index (κ3) is 6.50. The molecule has 11 nitrogen and oxygen atoms in total. The highest BCUT2D eigenvalue weighted by molar-refractivity contribution is 7.90. The Hall–Kier alpha value is -4.56. The summed E-state index contributed by atoms with van der Waals surface area (Å²) in [6.07, 6.45) is 8.83. The zero-order valence-electron chi connectivity index (χ0n) is 22.2. The Kier molecular flexibility index (Phi) is 7.60. The SMILES string of the molecule is CC1=C2/C=CC(Nc3ccc4c(O)c(N=Nc5cc(CS(N)(=O)=O)ccc5O)ccc4c3)=C(\C=C/C(S(=O)(=O)O)=C\1)C2. The number of rotatable bonds is 7. The lowest BCUT2D eigenvalue weighted by Gasteiger charge is -2.20. The third-order valence-corrected chi connectivity index (χ3v) is 8.30. The standard InChI is InChI=1S/C29H26N4O7S2/c1-17-12-23(42(38,39)40)7-3-21-14-19(17)4-9-25(21)31-22-6-8-24-20(15-22)5-10-26(29(24)35)32-33-27-13-18(2-11-28(27)34)16-41(30,36)37/h2-13,15,31,34-35H,14,16H2,1H3,(H2,30,36,37)(H,38,39,40)/b7-3-,17-12?,19-17+,21-3?,23-7?,23-12+,33-32?. The molecule has 6 N–H and O–H groups in total. The Morgan fingerprint density at radius 1 is 0.881 bits per heavy atom. The summed E-state index contributed by atoms with van der Waals surface area (Å²) in [6.45, 7) is 1.79. The molecule has 216 valence electrons. The minimum atomic E-state index is -4.37. The summed E-state index contributed by atoms with van der Waals surface area (Å²) in [5.74, 6) is -0.791. The van der Waals surface area contributed by atoms with E-state index in [-0.39, 0.29) is 27.8 Å². The molecule has 3 aromatic rings. The second-order valence-corrected chi connectivity index (χ2v) is 12.9. The lowest BCUT2D eigenvalue weighted by atomic mass is 9.92. The van der Waals surface area contributed by atoms with Gasteiger partial charge in [0.15, 0.2) is 5.75 Å². The molecule has 0 atom stereocenters. The molecule has 2 aliphatic carbocycles. The molecule has 2 aliphatic rings. The number of fused-ring (bicyclic) bond motifs is 3. The van der Waals surface area contributed by atoms with Crippen LogP contribution < -0.4 is 10.5 Å². The largest absolute Gasteiger partial charge is 0.506 e. The van der Waals surface area contributed by atoms with E-state index in [1.165, 1.54) is 30.4 Å². The first-order valence-electron chi connectivity index (χ1n) is 12.5. The van der Waals surface area contributed by atoms with Crippen LogP contribution >= 0.6 is 0 Å². The highest BCUT2D eigenvalue weighted by Gasteiger charge is 2.18. The van der Waals surface area contributed by atoms with Gasteiger partial charge in [0.2, 0.25) is 10.0 Å². The normalized spacial score (nSPS) is 19.5. The topological polar surface area (TPSA) is 192 Å². The first-order chi connectivity index (χ1) is 19.8. The summed E-state index contributed by atoms with van der Waals surface area (Å²) in [7, 11) is -8.15. The fourth-order valence-corrected chi connectivity index (χ4v) is 5.79. The van der Waals surface area contributed by atoms with Crippen LogP contribution in [0, 0.1) is 0 Å². The van der Waals surface area contributed by atoms with E-state index < -0.39 is 25.9 Å². The molecule has 0 amide bonds. The Balaban J connectivity index is 1.41. The van der Waals surface area contributed by atoms with E-state index in [0.29, 0.717) is 28.4 Å². The van der Waals surface area contributed by atoms with Gasteiger partial charge in [-0.1, -0.05) is 24.3 Å². The Morgan fingerprint density at radius 2 is 1.62 bits per heavy atom. The van der Waals surface area contributed by atoms with Gasteiger partial charge in [-0.2, -0.15) is 8.42 Å². The van der Waals surface area contributed by atoms with Crippen molar-refractivity contribution in [3.05, 3.63) is 112 Å². The summed E-state index contributed by atoms with van der Waals surface area (Å²) in [6, 6.07) is 12.6. The van der Waals surface area contributed by atoms with Crippen LogP contribution in [0.5, 0.6) is 11.5 Å². The highest BCUT2D eigenvalue weighted by Crippen LogP contribution is 2.38. The molecule has 0 radical (unpaired) electrons. The van der Waals surface area contributed by atoms with Gasteiger partial charge in [-0.15, -0.1) is 10.2 Å². The van der Waals surface area contributed by atoms with Crippen LogP contribution in [0.15, 0.2) is 116 Å². The number of hydrogen-bond donors (Lipinski definition) is 5. The van der Waals surface area contributed by atoms with Crippen molar-refractivity contribution < 1.29 is 31.6 Å². The maximum atomic E-state index is 11.7. The first kappa shape index (κ1) is 29.0. The van der Waals surface area contributed by atoms with Crippen molar-refractivity contribution in [1.29, 1.82) is 0 Å². The van der Waals surface area contributed by atoms with Crippen LogP contribution in [-0.2, 0) is 25.9 Å². The van der Waals surface area contributed by atoms with Gasteiger partial charge in [-0.3, -0.25) is 4.55 Å². The van der Waals surface area contributed by atoms with E-state index >= 15 is 0 Å². The van der Waals surface area contributed by atoms with Crippen molar-refractivity contribution in [1.82, 2.24) is 0 Å². The summed E-state index contributed by atoms with van der Waals surface area (Å²) < 4.78 is 55.8. The third-order valence-electron chi connectivity index (χ3n) is 6.71. The smallest absolute Gasteiger partial charge is 0.294 e. The number of nitrogens with one attached hydrogen (secondary N) is 1. The van der Waals surface area contributed by atoms with Crippen molar-refractivity contribution in [2.24, 2.45) is 15.4 Å². The summed E-state index contributed by atoms with van der Waals surface area (Å²) in [5, 5.41) is 38.6. The molecule has 0 aromatic heterocycles. The number of benzene rings is 3. The van der Waals surface area contributed by atoms with Crippen molar-refractivity contribution >= 4 is 48.0 Å². The van der Waals surface area contributed by atoms with Crippen LogP contribution in [0.25, 0.3) is 10.8 Å².